The molecule has 0 saturated carbocycles. The fourth-order valence-corrected chi connectivity index (χ4v) is 3.08. The SMILES string of the molecule is O=C(CCCC/C=C\c1ccc2c(c1)OCO2)N1CCCCC1. The van der Waals surface area contributed by atoms with Crippen LogP contribution in [0.15, 0.2) is 24.3 Å². The van der Waals surface area contributed by atoms with Crippen molar-refractivity contribution in [3.05, 3.63) is 29.8 Å². The van der Waals surface area contributed by atoms with E-state index in [4.69, 9.17) is 9.47 Å². The molecule has 0 N–H and O–H groups in total. The number of carbonyl (C=O) groups excluding carboxylic acids is 1. The van der Waals surface area contributed by atoms with Gasteiger partial charge in [0.2, 0.25) is 12.7 Å². The summed E-state index contributed by atoms with van der Waals surface area (Å²) in [5.74, 6) is 1.97. The van der Waals surface area contributed by atoms with Crippen LogP contribution in [0.5, 0.6) is 11.5 Å². The van der Waals surface area contributed by atoms with Crippen LogP contribution in [0.1, 0.15) is 50.5 Å². The smallest absolute Gasteiger partial charge is 0.231 e. The van der Waals surface area contributed by atoms with Crippen molar-refractivity contribution < 1.29 is 14.3 Å². The van der Waals surface area contributed by atoms with Crippen molar-refractivity contribution in [1.29, 1.82) is 0 Å². The van der Waals surface area contributed by atoms with E-state index in [1.165, 1.54) is 19.3 Å². The first kappa shape index (κ1) is 15.9. The Bertz CT molecular complexity index is 562. The molecular formula is C19H25NO3. The summed E-state index contributed by atoms with van der Waals surface area (Å²) >= 11 is 0. The number of hydrogen-bond donors (Lipinski definition) is 0. The molecule has 124 valence electrons. The van der Waals surface area contributed by atoms with Crippen molar-refractivity contribution in [2.75, 3.05) is 19.9 Å². The second-order valence-electron chi connectivity index (χ2n) is 6.20. The van der Waals surface area contributed by atoms with Gasteiger partial charge < -0.3 is 14.4 Å². The highest BCUT2D eigenvalue weighted by molar-refractivity contribution is 5.76. The molecule has 0 atom stereocenters. The highest BCUT2D eigenvalue weighted by atomic mass is 16.7. The Morgan fingerprint density at radius 2 is 1.91 bits per heavy atom. The highest BCUT2D eigenvalue weighted by Gasteiger charge is 2.15. The molecule has 1 saturated heterocycles. The van der Waals surface area contributed by atoms with Gasteiger partial charge in [-0.15, -0.1) is 0 Å². The molecule has 4 heteroatoms. The Balaban J connectivity index is 1.34. The van der Waals surface area contributed by atoms with Gasteiger partial charge in [0.1, 0.15) is 0 Å². The quantitative estimate of drug-likeness (QED) is 0.745. The van der Waals surface area contributed by atoms with E-state index in [9.17, 15) is 4.79 Å². The summed E-state index contributed by atoms with van der Waals surface area (Å²) in [6.07, 6.45) is 11.6. The van der Waals surface area contributed by atoms with Crippen molar-refractivity contribution in [2.24, 2.45) is 0 Å². The van der Waals surface area contributed by atoms with E-state index >= 15 is 0 Å². The molecule has 0 unspecified atom stereocenters. The molecular weight excluding hydrogens is 290 g/mol. The molecule has 0 aromatic heterocycles. The predicted molar refractivity (Wildman–Crippen MR) is 90.5 cm³/mol. The van der Waals surface area contributed by atoms with Gasteiger partial charge in [0.15, 0.2) is 11.5 Å². The molecule has 0 spiro atoms. The fraction of sp³-hybridized carbons (Fsp3) is 0.526. The highest BCUT2D eigenvalue weighted by Crippen LogP contribution is 2.32. The molecule has 1 aromatic carbocycles. The minimum Gasteiger partial charge on any atom is -0.454 e. The Kier molecular flexibility index (Phi) is 5.56. The molecule has 1 aromatic rings. The van der Waals surface area contributed by atoms with E-state index in [2.05, 4.69) is 12.2 Å². The summed E-state index contributed by atoms with van der Waals surface area (Å²) in [4.78, 5) is 14.1. The molecule has 0 aliphatic carbocycles. The Morgan fingerprint density at radius 3 is 2.78 bits per heavy atom. The number of rotatable bonds is 6. The lowest BCUT2D eigenvalue weighted by molar-refractivity contribution is -0.132. The summed E-state index contributed by atoms with van der Waals surface area (Å²) < 4.78 is 10.7. The van der Waals surface area contributed by atoms with Crippen molar-refractivity contribution in [3.8, 4) is 11.5 Å². The molecule has 2 aliphatic heterocycles. The normalized spacial score (nSPS) is 17.0. The summed E-state index contributed by atoms with van der Waals surface area (Å²) in [7, 11) is 0. The lowest BCUT2D eigenvalue weighted by Gasteiger charge is -2.26. The van der Waals surface area contributed by atoms with Crippen molar-refractivity contribution in [1.82, 2.24) is 4.90 Å². The van der Waals surface area contributed by atoms with Gasteiger partial charge in [-0.1, -0.05) is 18.2 Å². The zero-order valence-electron chi connectivity index (χ0n) is 13.6. The van der Waals surface area contributed by atoms with E-state index in [1.807, 2.05) is 23.1 Å². The summed E-state index contributed by atoms with van der Waals surface area (Å²) in [6, 6.07) is 5.97. The van der Waals surface area contributed by atoms with Crippen LogP contribution in [0.3, 0.4) is 0 Å². The Morgan fingerprint density at radius 1 is 1.09 bits per heavy atom. The fourth-order valence-electron chi connectivity index (χ4n) is 3.08. The number of benzene rings is 1. The average Bonchev–Trinajstić information content (AvgIpc) is 3.06. The predicted octanol–water partition coefficient (Wildman–Crippen LogP) is 4.00. The minimum atomic E-state index is 0.313. The van der Waals surface area contributed by atoms with Crippen LogP contribution in [-0.4, -0.2) is 30.7 Å². The maximum absolute atomic E-state index is 12.0. The summed E-state index contributed by atoms with van der Waals surface area (Å²) in [5.41, 5.74) is 1.12. The number of nitrogens with zero attached hydrogens (tertiary/aromatic N) is 1. The maximum atomic E-state index is 12.0. The molecule has 3 rings (SSSR count). The lowest BCUT2D eigenvalue weighted by Crippen LogP contribution is -2.35. The van der Waals surface area contributed by atoms with Gasteiger partial charge in [0.05, 0.1) is 0 Å². The third kappa shape index (κ3) is 4.50. The monoisotopic (exact) mass is 315 g/mol. The summed E-state index contributed by atoms with van der Waals surface area (Å²) in [5, 5.41) is 0. The average molecular weight is 315 g/mol. The molecule has 2 heterocycles. The van der Waals surface area contributed by atoms with Gasteiger partial charge in [-0.25, -0.2) is 0 Å². The van der Waals surface area contributed by atoms with Gasteiger partial charge in [0, 0.05) is 19.5 Å². The number of amides is 1. The maximum Gasteiger partial charge on any atom is 0.231 e. The summed E-state index contributed by atoms with van der Waals surface area (Å²) in [6.45, 7) is 2.24. The second kappa shape index (κ2) is 8.04. The zero-order chi connectivity index (χ0) is 15.9. The molecule has 0 radical (unpaired) electrons. The molecule has 1 fully saturated rings. The Hall–Kier alpha value is -1.97. The number of hydrogen-bond acceptors (Lipinski definition) is 3. The van der Waals surface area contributed by atoms with Crippen molar-refractivity contribution in [2.45, 2.75) is 44.9 Å². The van der Waals surface area contributed by atoms with Crippen LogP contribution in [-0.2, 0) is 4.79 Å². The number of piperidine rings is 1. The van der Waals surface area contributed by atoms with Crippen LogP contribution in [0.25, 0.3) is 6.08 Å². The first-order chi connectivity index (χ1) is 11.3. The van der Waals surface area contributed by atoms with Crippen LogP contribution in [0.2, 0.25) is 0 Å². The number of ether oxygens (including phenoxy) is 2. The molecule has 0 bridgehead atoms. The molecule has 2 aliphatic rings. The minimum absolute atomic E-state index is 0.313. The van der Waals surface area contributed by atoms with Crippen molar-refractivity contribution >= 4 is 12.0 Å². The van der Waals surface area contributed by atoms with Crippen LogP contribution in [0, 0.1) is 0 Å². The van der Waals surface area contributed by atoms with E-state index in [1.54, 1.807) is 0 Å². The first-order valence-corrected chi connectivity index (χ1v) is 8.67. The van der Waals surface area contributed by atoms with Crippen LogP contribution in [0.4, 0.5) is 0 Å². The zero-order valence-corrected chi connectivity index (χ0v) is 13.6. The molecule has 1 amide bonds. The van der Waals surface area contributed by atoms with Gasteiger partial charge >= 0.3 is 0 Å². The standard InChI is InChI=1S/C19H25NO3/c21-19(20-12-6-3-7-13-20)9-5-2-1-4-8-16-10-11-17-18(14-16)23-15-22-17/h4,8,10-11,14H,1-3,5-7,9,12-13,15H2/b8-4-. The van der Waals surface area contributed by atoms with Gasteiger partial charge in [-0.3, -0.25) is 4.79 Å². The topological polar surface area (TPSA) is 38.8 Å². The third-order valence-electron chi connectivity index (χ3n) is 4.43. The van der Waals surface area contributed by atoms with Gasteiger partial charge in [-0.2, -0.15) is 0 Å². The number of fused-ring (bicyclic) bond motifs is 1. The van der Waals surface area contributed by atoms with Crippen LogP contribution >= 0.6 is 0 Å². The van der Waals surface area contributed by atoms with Crippen LogP contribution < -0.4 is 9.47 Å². The van der Waals surface area contributed by atoms with E-state index in [0.717, 1.165) is 49.4 Å². The molecule has 23 heavy (non-hydrogen) atoms. The van der Waals surface area contributed by atoms with Gasteiger partial charge in [0.25, 0.3) is 0 Å². The number of allylic oxidation sites excluding steroid dienone is 1. The van der Waals surface area contributed by atoms with E-state index in [-0.39, 0.29) is 0 Å². The van der Waals surface area contributed by atoms with Crippen molar-refractivity contribution in [3.63, 3.8) is 0 Å². The number of likely N-dealkylation sites (tertiary alicyclic amines) is 1. The Labute approximate surface area is 138 Å². The lowest BCUT2D eigenvalue weighted by atomic mass is 10.1. The third-order valence-corrected chi connectivity index (χ3v) is 4.43. The number of carbonyl (C=O) groups is 1. The number of unbranched alkanes of at least 4 members (excludes halogenated alkanes) is 2. The second-order valence-corrected chi connectivity index (χ2v) is 6.20. The van der Waals surface area contributed by atoms with E-state index in [0.29, 0.717) is 19.1 Å². The van der Waals surface area contributed by atoms with Gasteiger partial charge in [-0.05, 0) is 56.2 Å². The largest absolute Gasteiger partial charge is 0.454 e. The van der Waals surface area contributed by atoms with E-state index < -0.39 is 0 Å². The molecule has 4 nitrogen and oxygen atoms in total. The first-order valence-electron chi connectivity index (χ1n) is 8.67.